The Labute approximate surface area is 200 Å². The second kappa shape index (κ2) is 10.8. The number of ether oxygens (including phenoxy) is 2. The molecule has 2 aromatic carbocycles. The first-order valence-electron chi connectivity index (χ1n) is 11.3. The van der Waals surface area contributed by atoms with Crippen LogP contribution in [0.15, 0.2) is 42.5 Å². The summed E-state index contributed by atoms with van der Waals surface area (Å²) in [4.78, 5) is 16.3. The molecule has 7 heteroatoms. The number of hydrogen-bond donors (Lipinski definition) is 0. The number of piperidine rings is 2. The number of nitrogens with zero attached hydrogens (tertiary/aromatic N) is 2. The SMILES string of the molecule is CC(=O)Oc1ccccc1N1CCC(CN2CCC(Oc3ccc(Cl)c(Cl)c3)CC2)CC1. The number of benzene rings is 2. The lowest BCUT2D eigenvalue weighted by atomic mass is 9.94. The van der Waals surface area contributed by atoms with Gasteiger partial charge in [0.25, 0.3) is 0 Å². The average molecular weight is 477 g/mol. The van der Waals surface area contributed by atoms with Gasteiger partial charge in [-0.2, -0.15) is 0 Å². The van der Waals surface area contributed by atoms with Crippen LogP contribution in [-0.4, -0.2) is 49.7 Å². The molecule has 4 rings (SSSR count). The standard InChI is InChI=1S/C25H30Cl2N2O3/c1-18(30)31-25-5-3-2-4-24(25)29-14-8-19(9-15-29)17-28-12-10-20(11-13-28)32-21-6-7-22(26)23(27)16-21/h2-7,16,19-20H,8-15,17H2,1H3. The van der Waals surface area contributed by atoms with Gasteiger partial charge in [0, 0.05) is 45.7 Å². The van der Waals surface area contributed by atoms with Crippen molar-refractivity contribution < 1.29 is 14.3 Å². The topological polar surface area (TPSA) is 42.0 Å². The molecule has 0 aliphatic carbocycles. The molecule has 0 bridgehead atoms. The van der Waals surface area contributed by atoms with Crippen LogP contribution in [0.1, 0.15) is 32.6 Å². The van der Waals surface area contributed by atoms with E-state index in [1.165, 1.54) is 6.92 Å². The molecule has 0 saturated carbocycles. The van der Waals surface area contributed by atoms with E-state index in [1.807, 2.05) is 30.3 Å². The minimum absolute atomic E-state index is 0.225. The molecule has 0 unspecified atom stereocenters. The lowest BCUT2D eigenvalue weighted by Crippen LogP contribution is -2.43. The summed E-state index contributed by atoms with van der Waals surface area (Å²) >= 11 is 12.1. The van der Waals surface area contributed by atoms with Gasteiger partial charge in [-0.25, -0.2) is 0 Å². The zero-order chi connectivity index (χ0) is 22.5. The van der Waals surface area contributed by atoms with Crippen LogP contribution < -0.4 is 14.4 Å². The number of para-hydroxylation sites is 2. The number of halogens is 2. The van der Waals surface area contributed by atoms with Gasteiger partial charge in [0.1, 0.15) is 11.9 Å². The maximum absolute atomic E-state index is 11.4. The number of esters is 1. The van der Waals surface area contributed by atoms with Gasteiger partial charge in [-0.15, -0.1) is 0 Å². The average Bonchev–Trinajstić information content (AvgIpc) is 2.78. The van der Waals surface area contributed by atoms with Crippen LogP contribution in [0.2, 0.25) is 10.0 Å². The molecule has 2 heterocycles. The molecule has 0 amide bonds. The fourth-order valence-electron chi connectivity index (χ4n) is 4.63. The molecule has 0 radical (unpaired) electrons. The van der Waals surface area contributed by atoms with Gasteiger partial charge in [-0.3, -0.25) is 4.79 Å². The lowest BCUT2D eigenvalue weighted by molar-refractivity contribution is -0.131. The summed E-state index contributed by atoms with van der Waals surface area (Å²) in [5.74, 6) is 1.86. The van der Waals surface area contributed by atoms with E-state index in [1.54, 1.807) is 12.1 Å². The third kappa shape index (κ3) is 6.09. The quantitative estimate of drug-likeness (QED) is 0.396. The molecule has 2 aliphatic heterocycles. The van der Waals surface area contributed by atoms with Gasteiger partial charge < -0.3 is 19.3 Å². The Morgan fingerprint density at radius 2 is 1.69 bits per heavy atom. The summed E-state index contributed by atoms with van der Waals surface area (Å²) in [5, 5.41) is 1.08. The van der Waals surface area contributed by atoms with Gasteiger partial charge in [-0.1, -0.05) is 35.3 Å². The van der Waals surface area contributed by atoms with Crippen LogP contribution in [0, 0.1) is 5.92 Å². The van der Waals surface area contributed by atoms with E-state index in [9.17, 15) is 4.79 Å². The number of carbonyl (C=O) groups excluding carboxylic acids is 1. The molecule has 2 aliphatic rings. The van der Waals surface area contributed by atoms with Gasteiger partial charge in [0.05, 0.1) is 15.7 Å². The van der Waals surface area contributed by atoms with Gasteiger partial charge in [-0.05, 0) is 55.9 Å². The Kier molecular flexibility index (Phi) is 7.82. The van der Waals surface area contributed by atoms with Crippen molar-refractivity contribution in [3.63, 3.8) is 0 Å². The fourth-order valence-corrected chi connectivity index (χ4v) is 4.92. The van der Waals surface area contributed by atoms with Crippen LogP contribution >= 0.6 is 23.2 Å². The Balaban J connectivity index is 1.22. The zero-order valence-corrected chi connectivity index (χ0v) is 19.9. The predicted octanol–water partition coefficient (Wildman–Crippen LogP) is 5.68. The third-order valence-electron chi connectivity index (χ3n) is 6.32. The van der Waals surface area contributed by atoms with Gasteiger partial charge in [0.15, 0.2) is 5.75 Å². The maximum atomic E-state index is 11.4. The van der Waals surface area contributed by atoms with Crippen molar-refractivity contribution in [2.45, 2.75) is 38.7 Å². The second-order valence-electron chi connectivity index (χ2n) is 8.69. The zero-order valence-electron chi connectivity index (χ0n) is 18.4. The first kappa shape index (κ1) is 23.2. The molecule has 0 atom stereocenters. The monoisotopic (exact) mass is 476 g/mol. The van der Waals surface area contributed by atoms with Crippen LogP contribution in [0.4, 0.5) is 5.69 Å². The summed E-state index contributed by atoms with van der Waals surface area (Å²) in [6, 6.07) is 13.3. The second-order valence-corrected chi connectivity index (χ2v) is 9.50. The number of carbonyl (C=O) groups is 1. The molecule has 0 aromatic heterocycles. The van der Waals surface area contributed by atoms with E-state index in [-0.39, 0.29) is 12.1 Å². The van der Waals surface area contributed by atoms with Crippen LogP contribution in [0.3, 0.4) is 0 Å². The van der Waals surface area contributed by atoms with E-state index in [4.69, 9.17) is 32.7 Å². The highest BCUT2D eigenvalue weighted by Crippen LogP contribution is 2.32. The molecule has 32 heavy (non-hydrogen) atoms. The molecule has 2 fully saturated rings. The van der Waals surface area contributed by atoms with Crippen molar-refractivity contribution in [2.75, 3.05) is 37.6 Å². The third-order valence-corrected chi connectivity index (χ3v) is 7.06. The van der Waals surface area contributed by atoms with Crippen LogP contribution in [-0.2, 0) is 4.79 Å². The number of rotatable bonds is 6. The van der Waals surface area contributed by atoms with E-state index in [2.05, 4.69) is 9.80 Å². The summed E-state index contributed by atoms with van der Waals surface area (Å²) in [7, 11) is 0. The molecule has 5 nitrogen and oxygen atoms in total. The summed E-state index contributed by atoms with van der Waals surface area (Å²) in [5.41, 5.74) is 1.02. The minimum atomic E-state index is -0.279. The summed E-state index contributed by atoms with van der Waals surface area (Å²) < 4.78 is 11.5. The van der Waals surface area contributed by atoms with Gasteiger partial charge >= 0.3 is 5.97 Å². The highest BCUT2D eigenvalue weighted by molar-refractivity contribution is 6.42. The highest BCUT2D eigenvalue weighted by Gasteiger charge is 2.26. The Morgan fingerprint density at radius 1 is 0.969 bits per heavy atom. The molecular weight excluding hydrogens is 447 g/mol. The van der Waals surface area contributed by atoms with E-state index < -0.39 is 0 Å². The predicted molar refractivity (Wildman–Crippen MR) is 129 cm³/mol. The number of anilines is 1. The highest BCUT2D eigenvalue weighted by atomic mass is 35.5. The van der Waals surface area contributed by atoms with Crippen molar-refractivity contribution in [2.24, 2.45) is 5.92 Å². The Morgan fingerprint density at radius 3 is 2.38 bits per heavy atom. The lowest BCUT2D eigenvalue weighted by Gasteiger charge is -2.38. The van der Waals surface area contributed by atoms with E-state index >= 15 is 0 Å². The first-order chi connectivity index (χ1) is 15.5. The van der Waals surface area contributed by atoms with Crippen LogP contribution in [0.25, 0.3) is 0 Å². The molecule has 0 spiro atoms. The van der Waals surface area contributed by atoms with Gasteiger partial charge in [0.2, 0.25) is 0 Å². The summed E-state index contributed by atoms with van der Waals surface area (Å²) in [6.07, 6.45) is 4.56. The number of likely N-dealkylation sites (tertiary alicyclic amines) is 1. The van der Waals surface area contributed by atoms with E-state index in [0.29, 0.717) is 21.7 Å². The Bertz CT molecular complexity index is 923. The molecule has 2 saturated heterocycles. The van der Waals surface area contributed by atoms with Crippen LogP contribution in [0.5, 0.6) is 11.5 Å². The van der Waals surface area contributed by atoms with Crippen molar-refractivity contribution in [3.8, 4) is 11.5 Å². The summed E-state index contributed by atoms with van der Waals surface area (Å²) in [6.45, 7) is 6.67. The normalized spacial score (nSPS) is 18.5. The molecular formula is C25H30Cl2N2O3. The fraction of sp³-hybridized carbons (Fsp3) is 0.480. The van der Waals surface area contributed by atoms with Crippen molar-refractivity contribution in [3.05, 3.63) is 52.5 Å². The van der Waals surface area contributed by atoms with Crippen molar-refractivity contribution in [1.29, 1.82) is 0 Å². The largest absolute Gasteiger partial charge is 0.490 e. The molecule has 172 valence electrons. The Hall–Kier alpha value is -1.95. The molecule has 0 N–H and O–H groups in total. The number of hydrogen-bond acceptors (Lipinski definition) is 5. The van der Waals surface area contributed by atoms with E-state index in [0.717, 1.165) is 69.8 Å². The van der Waals surface area contributed by atoms with Crippen molar-refractivity contribution >= 4 is 34.9 Å². The minimum Gasteiger partial charge on any atom is -0.490 e. The maximum Gasteiger partial charge on any atom is 0.308 e. The van der Waals surface area contributed by atoms with Crippen molar-refractivity contribution in [1.82, 2.24) is 4.90 Å². The first-order valence-corrected chi connectivity index (χ1v) is 12.1. The smallest absolute Gasteiger partial charge is 0.308 e. The molecule has 2 aromatic rings.